The number of β-amino-alcohol motifs (C(OH)–C–C–N with tert-alkyl or cyclic N) is 1. The Hall–Kier alpha value is -1.55. The van der Waals surface area contributed by atoms with E-state index in [1.165, 1.54) is 0 Å². The number of aliphatic hydroxyl groups is 1. The minimum atomic E-state index is -0.687. The number of nitrogens with two attached hydrogens (primary N) is 1. The molecule has 17 heavy (non-hydrogen) atoms. The average molecular weight is 234 g/mol. The van der Waals surface area contributed by atoms with Crippen LogP contribution in [-0.2, 0) is 0 Å². The number of anilines is 1. The van der Waals surface area contributed by atoms with Crippen LogP contribution in [0.25, 0.3) is 0 Å². The van der Waals surface area contributed by atoms with E-state index in [-0.39, 0.29) is 5.91 Å². The molecule has 0 aliphatic carbocycles. The molecule has 0 radical (unpaired) electrons. The standard InChI is InChI=1S/C13H18N2O2/c1-2-7-13(17)8-15(9-13)12(16)10-5-3-4-6-11(10)14/h3-6,17H,2,7-9,14H2,1H3. The van der Waals surface area contributed by atoms with Crippen LogP contribution >= 0.6 is 0 Å². The first kappa shape index (κ1) is 11.9. The zero-order chi connectivity index (χ0) is 12.5. The maximum Gasteiger partial charge on any atom is 0.256 e. The fraction of sp³-hybridized carbons (Fsp3) is 0.462. The second kappa shape index (κ2) is 4.37. The van der Waals surface area contributed by atoms with Crippen LogP contribution in [0, 0.1) is 0 Å². The highest BCUT2D eigenvalue weighted by Crippen LogP contribution is 2.28. The van der Waals surface area contributed by atoms with Gasteiger partial charge < -0.3 is 15.7 Å². The quantitative estimate of drug-likeness (QED) is 0.774. The highest BCUT2D eigenvalue weighted by atomic mass is 16.3. The van der Waals surface area contributed by atoms with Gasteiger partial charge in [-0.2, -0.15) is 0 Å². The predicted molar refractivity (Wildman–Crippen MR) is 66.6 cm³/mol. The number of carbonyl (C=O) groups excluding carboxylic acids is 1. The fourth-order valence-electron chi connectivity index (χ4n) is 2.29. The Morgan fingerprint density at radius 3 is 2.71 bits per heavy atom. The van der Waals surface area contributed by atoms with Crippen molar-refractivity contribution in [3.8, 4) is 0 Å². The summed E-state index contributed by atoms with van der Waals surface area (Å²) in [5.41, 5.74) is 6.08. The first-order chi connectivity index (χ1) is 8.06. The third-order valence-corrected chi connectivity index (χ3v) is 3.16. The average Bonchev–Trinajstić information content (AvgIpc) is 2.26. The number of hydrogen-bond donors (Lipinski definition) is 2. The van der Waals surface area contributed by atoms with Crippen LogP contribution in [-0.4, -0.2) is 34.6 Å². The summed E-state index contributed by atoms with van der Waals surface area (Å²) >= 11 is 0. The summed E-state index contributed by atoms with van der Waals surface area (Å²) in [6.07, 6.45) is 1.66. The molecule has 0 unspecified atom stereocenters. The summed E-state index contributed by atoms with van der Waals surface area (Å²) in [6, 6.07) is 7.03. The van der Waals surface area contributed by atoms with Gasteiger partial charge in [0, 0.05) is 5.69 Å². The van der Waals surface area contributed by atoms with E-state index >= 15 is 0 Å². The van der Waals surface area contributed by atoms with Gasteiger partial charge in [0.15, 0.2) is 0 Å². The smallest absolute Gasteiger partial charge is 0.256 e. The van der Waals surface area contributed by atoms with Gasteiger partial charge in [0.05, 0.1) is 24.3 Å². The lowest BCUT2D eigenvalue weighted by molar-refractivity contribution is -0.0859. The number of likely N-dealkylation sites (tertiary alicyclic amines) is 1. The van der Waals surface area contributed by atoms with Crippen molar-refractivity contribution in [2.45, 2.75) is 25.4 Å². The van der Waals surface area contributed by atoms with E-state index in [0.717, 1.165) is 12.8 Å². The van der Waals surface area contributed by atoms with Crippen LogP contribution < -0.4 is 5.73 Å². The molecule has 2 rings (SSSR count). The lowest BCUT2D eigenvalue weighted by Gasteiger charge is -2.46. The number of carbonyl (C=O) groups is 1. The molecule has 0 spiro atoms. The highest BCUT2D eigenvalue weighted by Gasteiger charge is 2.43. The molecule has 0 bridgehead atoms. The predicted octanol–water partition coefficient (Wildman–Crippen LogP) is 1.26. The van der Waals surface area contributed by atoms with Crippen molar-refractivity contribution in [1.29, 1.82) is 0 Å². The number of benzene rings is 1. The molecule has 0 atom stereocenters. The van der Waals surface area contributed by atoms with Crippen LogP contribution in [0.2, 0.25) is 0 Å². The summed E-state index contributed by atoms with van der Waals surface area (Å²) in [5, 5.41) is 10.0. The van der Waals surface area contributed by atoms with Gasteiger partial charge in [-0.1, -0.05) is 25.5 Å². The first-order valence-electron chi connectivity index (χ1n) is 5.92. The maximum atomic E-state index is 12.1. The van der Waals surface area contributed by atoms with E-state index in [9.17, 15) is 9.90 Å². The zero-order valence-corrected chi connectivity index (χ0v) is 10.0. The van der Waals surface area contributed by atoms with Crippen molar-refractivity contribution in [2.75, 3.05) is 18.8 Å². The largest absolute Gasteiger partial charge is 0.398 e. The Morgan fingerprint density at radius 1 is 1.47 bits per heavy atom. The lowest BCUT2D eigenvalue weighted by Crippen LogP contribution is -2.63. The van der Waals surface area contributed by atoms with Crippen molar-refractivity contribution < 1.29 is 9.90 Å². The summed E-state index contributed by atoms with van der Waals surface area (Å²) in [6.45, 7) is 2.85. The van der Waals surface area contributed by atoms with Gasteiger partial charge in [-0.15, -0.1) is 0 Å². The summed E-state index contributed by atoms with van der Waals surface area (Å²) in [7, 11) is 0. The zero-order valence-electron chi connectivity index (χ0n) is 10.0. The minimum absolute atomic E-state index is 0.0936. The van der Waals surface area contributed by atoms with Gasteiger partial charge in [0.2, 0.25) is 0 Å². The van der Waals surface area contributed by atoms with Gasteiger partial charge in [0.25, 0.3) is 5.91 Å². The van der Waals surface area contributed by atoms with E-state index in [2.05, 4.69) is 0 Å². The molecule has 1 saturated heterocycles. The molecule has 1 aliphatic rings. The Bertz CT molecular complexity index is 425. The second-order valence-corrected chi connectivity index (χ2v) is 4.72. The Kier molecular flexibility index (Phi) is 3.07. The molecule has 1 amide bonds. The molecule has 1 heterocycles. The summed E-state index contributed by atoms with van der Waals surface area (Å²) < 4.78 is 0. The van der Waals surface area contributed by atoms with E-state index in [1.54, 1.807) is 29.2 Å². The van der Waals surface area contributed by atoms with E-state index < -0.39 is 5.60 Å². The first-order valence-corrected chi connectivity index (χ1v) is 5.92. The van der Waals surface area contributed by atoms with E-state index in [4.69, 9.17) is 5.73 Å². The van der Waals surface area contributed by atoms with Crippen molar-refractivity contribution in [1.82, 2.24) is 4.90 Å². The number of hydrogen-bond acceptors (Lipinski definition) is 3. The summed E-state index contributed by atoms with van der Waals surface area (Å²) in [5.74, 6) is -0.0936. The highest BCUT2D eigenvalue weighted by molar-refractivity contribution is 5.99. The van der Waals surface area contributed by atoms with Crippen LogP contribution in [0.5, 0.6) is 0 Å². The van der Waals surface area contributed by atoms with Crippen molar-refractivity contribution in [3.63, 3.8) is 0 Å². The van der Waals surface area contributed by atoms with Crippen LogP contribution in [0.15, 0.2) is 24.3 Å². The van der Waals surface area contributed by atoms with Crippen LogP contribution in [0.3, 0.4) is 0 Å². The number of para-hydroxylation sites is 1. The minimum Gasteiger partial charge on any atom is -0.398 e. The van der Waals surface area contributed by atoms with Crippen LogP contribution in [0.4, 0.5) is 5.69 Å². The molecule has 0 saturated carbocycles. The Labute approximate surface area is 101 Å². The summed E-state index contributed by atoms with van der Waals surface area (Å²) in [4.78, 5) is 13.7. The van der Waals surface area contributed by atoms with E-state index in [0.29, 0.717) is 24.3 Å². The molecule has 1 aromatic rings. The molecule has 1 aromatic carbocycles. The van der Waals surface area contributed by atoms with Crippen molar-refractivity contribution in [2.24, 2.45) is 0 Å². The molecule has 1 fully saturated rings. The van der Waals surface area contributed by atoms with Gasteiger partial charge in [-0.25, -0.2) is 0 Å². The molecule has 1 aliphatic heterocycles. The van der Waals surface area contributed by atoms with Crippen molar-refractivity contribution in [3.05, 3.63) is 29.8 Å². The Morgan fingerprint density at radius 2 is 2.12 bits per heavy atom. The molecular weight excluding hydrogens is 216 g/mol. The number of nitrogen functional groups attached to an aromatic ring is 1. The number of rotatable bonds is 3. The van der Waals surface area contributed by atoms with Gasteiger partial charge in [-0.05, 0) is 18.6 Å². The van der Waals surface area contributed by atoms with Gasteiger partial charge in [-0.3, -0.25) is 4.79 Å². The molecule has 4 heteroatoms. The molecule has 4 nitrogen and oxygen atoms in total. The Balaban J connectivity index is 2.03. The molecule has 92 valence electrons. The van der Waals surface area contributed by atoms with E-state index in [1.807, 2.05) is 6.92 Å². The number of nitrogens with zero attached hydrogens (tertiary/aromatic N) is 1. The topological polar surface area (TPSA) is 66.6 Å². The number of amides is 1. The molecule has 3 N–H and O–H groups in total. The van der Waals surface area contributed by atoms with Crippen molar-refractivity contribution >= 4 is 11.6 Å². The van der Waals surface area contributed by atoms with Gasteiger partial charge >= 0.3 is 0 Å². The third kappa shape index (κ3) is 2.26. The van der Waals surface area contributed by atoms with Gasteiger partial charge in [0.1, 0.15) is 0 Å². The lowest BCUT2D eigenvalue weighted by atomic mass is 9.88. The fourth-order valence-corrected chi connectivity index (χ4v) is 2.29. The van der Waals surface area contributed by atoms with Crippen LogP contribution in [0.1, 0.15) is 30.1 Å². The third-order valence-electron chi connectivity index (χ3n) is 3.16. The maximum absolute atomic E-state index is 12.1. The molecule has 0 aromatic heterocycles. The molecular formula is C13H18N2O2. The normalized spacial score (nSPS) is 17.6. The second-order valence-electron chi connectivity index (χ2n) is 4.72. The monoisotopic (exact) mass is 234 g/mol. The SMILES string of the molecule is CCCC1(O)CN(C(=O)c2ccccc2N)C1.